The first kappa shape index (κ1) is 14.4. The summed E-state index contributed by atoms with van der Waals surface area (Å²) in [6.45, 7) is 0. The molecule has 0 bridgehead atoms. The van der Waals surface area contributed by atoms with Crippen molar-refractivity contribution in [1.29, 1.82) is 5.26 Å². The highest BCUT2D eigenvalue weighted by Gasteiger charge is 2.34. The number of aromatic nitrogens is 1. The standard InChI is InChI=1S/C10H8ClF3N2O2/c1-17-8-7(2-3-15)6(4-11)5-16-9(8)18-10(12,13)14/h5H,2,4H2,1H3. The van der Waals surface area contributed by atoms with Gasteiger partial charge in [0.05, 0.1) is 19.6 Å². The van der Waals surface area contributed by atoms with E-state index in [2.05, 4.69) is 9.72 Å². The molecule has 0 N–H and O–H groups in total. The van der Waals surface area contributed by atoms with Crippen LogP contribution in [-0.4, -0.2) is 18.5 Å². The van der Waals surface area contributed by atoms with Crippen LogP contribution in [0.15, 0.2) is 6.20 Å². The molecule has 0 radical (unpaired) electrons. The lowest BCUT2D eigenvalue weighted by molar-refractivity contribution is -0.276. The smallest absolute Gasteiger partial charge is 0.491 e. The lowest BCUT2D eigenvalue weighted by Crippen LogP contribution is -2.19. The third-order valence-electron chi connectivity index (χ3n) is 2.01. The molecular formula is C10H8ClF3N2O2. The second-order valence-electron chi connectivity index (χ2n) is 3.12. The Morgan fingerprint density at radius 1 is 1.50 bits per heavy atom. The van der Waals surface area contributed by atoms with Crippen LogP contribution >= 0.6 is 11.6 Å². The molecule has 0 aliphatic heterocycles. The summed E-state index contributed by atoms with van der Waals surface area (Å²) in [5.74, 6) is -0.955. The molecule has 1 aromatic heterocycles. The van der Waals surface area contributed by atoms with E-state index in [4.69, 9.17) is 21.6 Å². The SMILES string of the molecule is COc1c(OC(F)(F)F)ncc(CCl)c1CC#N. The van der Waals surface area contributed by atoms with Gasteiger partial charge in [-0.1, -0.05) is 0 Å². The Labute approximate surface area is 106 Å². The van der Waals surface area contributed by atoms with Crippen LogP contribution in [0.5, 0.6) is 11.6 Å². The third-order valence-corrected chi connectivity index (χ3v) is 2.30. The van der Waals surface area contributed by atoms with E-state index in [0.29, 0.717) is 5.56 Å². The summed E-state index contributed by atoms with van der Waals surface area (Å²) < 4.78 is 45.0. The van der Waals surface area contributed by atoms with Gasteiger partial charge >= 0.3 is 6.36 Å². The molecular weight excluding hydrogens is 273 g/mol. The van der Waals surface area contributed by atoms with Crippen LogP contribution in [-0.2, 0) is 12.3 Å². The highest BCUT2D eigenvalue weighted by Crippen LogP contribution is 2.35. The van der Waals surface area contributed by atoms with Gasteiger partial charge in [-0.05, 0) is 5.56 Å². The molecule has 0 aromatic carbocycles. The first-order chi connectivity index (χ1) is 8.42. The van der Waals surface area contributed by atoms with Crippen molar-refractivity contribution < 1.29 is 22.6 Å². The van der Waals surface area contributed by atoms with Gasteiger partial charge in [-0.15, -0.1) is 24.8 Å². The average Bonchev–Trinajstić information content (AvgIpc) is 2.28. The van der Waals surface area contributed by atoms with Crippen LogP contribution in [0.1, 0.15) is 11.1 Å². The minimum atomic E-state index is -4.88. The van der Waals surface area contributed by atoms with E-state index in [1.807, 2.05) is 6.07 Å². The minimum Gasteiger partial charge on any atom is -0.491 e. The van der Waals surface area contributed by atoms with Gasteiger partial charge in [0.2, 0.25) is 0 Å². The zero-order valence-electron chi connectivity index (χ0n) is 9.21. The summed E-state index contributed by atoms with van der Waals surface area (Å²) in [6, 6.07) is 1.82. The predicted octanol–water partition coefficient (Wildman–Crippen LogP) is 2.79. The zero-order valence-corrected chi connectivity index (χ0v) is 9.97. The second kappa shape index (κ2) is 5.78. The van der Waals surface area contributed by atoms with Gasteiger partial charge in [0.1, 0.15) is 0 Å². The maximum atomic E-state index is 12.1. The van der Waals surface area contributed by atoms with Crippen LogP contribution in [0.4, 0.5) is 13.2 Å². The van der Waals surface area contributed by atoms with E-state index in [1.165, 1.54) is 7.11 Å². The van der Waals surface area contributed by atoms with E-state index in [9.17, 15) is 13.2 Å². The summed E-state index contributed by atoms with van der Waals surface area (Å²) in [6.07, 6.45) is -3.90. The molecule has 1 heterocycles. The van der Waals surface area contributed by atoms with E-state index in [-0.39, 0.29) is 23.6 Å². The van der Waals surface area contributed by atoms with Crippen LogP contribution in [0, 0.1) is 11.3 Å². The van der Waals surface area contributed by atoms with Gasteiger partial charge in [0, 0.05) is 17.6 Å². The monoisotopic (exact) mass is 280 g/mol. The van der Waals surface area contributed by atoms with Gasteiger partial charge in [-0.3, -0.25) is 0 Å². The van der Waals surface area contributed by atoms with Gasteiger partial charge in [0.25, 0.3) is 5.88 Å². The normalized spacial score (nSPS) is 10.9. The highest BCUT2D eigenvalue weighted by molar-refractivity contribution is 6.17. The first-order valence-electron chi connectivity index (χ1n) is 4.66. The molecule has 0 fully saturated rings. The summed E-state index contributed by atoms with van der Waals surface area (Å²) in [5, 5.41) is 8.65. The Morgan fingerprint density at radius 2 is 2.17 bits per heavy atom. The molecule has 4 nitrogen and oxygen atoms in total. The fourth-order valence-corrected chi connectivity index (χ4v) is 1.56. The number of rotatable bonds is 4. The predicted molar refractivity (Wildman–Crippen MR) is 56.3 cm³/mol. The molecule has 18 heavy (non-hydrogen) atoms. The molecule has 8 heteroatoms. The summed E-state index contributed by atoms with van der Waals surface area (Å²) in [5.41, 5.74) is 0.661. The van der Waals surface area contributed by atoms with Gasteiger partial charge in [-0.25, -0.2) is 4.98 Å². The van der Waals surface area contributed by atoms with Gasteiger partial charge < -0.3 is 9.47 Å². The molecule has 0 atom stereocenters. The zero-order chi connectivity index (χ0) is 13.8. The fourth-order valence-electron chi connectivity index (χ4n) is 1.33. The van der Waals surface area contributed by atoms with Gasteiger partial charge in [0.15, 0.2) is 5.75 Å². The van der Waals surface area contributed by atoms with Crippen molar-refractivity contribution in [2.24, 2.45) is 0 Å². The number of hydrogen-bond donors (Lipinski definition) is 0. The second-order valence-corrected chi connectivity index (χ2v) is 3.38. The molecule has 0 spiro atoms. The number of ether oxygens (including phenoxy) is 2. The molecule has 0 saturated carbocycles. The maximum Gasteiger partial charge on any atom is 0.574 e. The van der Waals surface area contributed by atoms with Crippen LogP contribution < -0.4 is 9.47 Å². The van der Waals surface area contributed by atoms with Crippen molar-refractivity contribution in [1.82, 2.24) is 4.98 Å². The number of methoxy groups -OCH3 is 1. The summed E-state index contributed by atoms with van der Waals surface area (Å²) in [7, 11) is 1.17. The first-order valence-corrected chi connectivity index (χ1v) is 5.19. The average molecular weight is 281 g/mol. The minimum absolute atomic E-state index is 0.00662. The van der Waals surface area contributed by atoms with Crippen LogP contribution in [0.25, 0.3) is 0 Å². The van der Waals surface area contributed by atoms with Crippen molar-refractivity contribution >= 4 is 11.6 Å². The number of alkyl halides is 4. The van der Waals surface area contributed by atoms with E-state index in [0.717, 1.165) is 6.20 Å². The van der Waals surface area contributed by atoms with Crippen molar-refractivity contribution in [3.8, 4) is 17.7 Å². The van der Waals surface area contributed by atoms with Crippen LogP contribution in [0.2, 0.25) is 0 Å². The molecule has 98 valence electrons. The Morgan fingerprint density at radius 3 is 2.61 bits per heavy atom. The number of hydrogen-bond acceptors (Lipinski definition) is 4. The highest BCUT2D eigenvalue weighted by atomic mass is 35.5. The van der Waals surface area contributed by atoms with Crippen molar-refractivity contribution in [3.05, 3.63) is 17.3 Å². The summed E-state index contributed by atoms with van der Waals surface area (Å²) >= 11 is 5.61. The molecule has 0 unspecified atom stereocenters. The van der Waals surface area contributed by atoms with Crippen molar-refractivity contribution in [3.63, 3.8) is 0 Å². The number of halogens is 4. The Kier molecular flexibility index (Phi) is 4.62. The Hall–Kier alpha value is -1.68. The molecule has 1 rings (SSSR count). The van der Waals surface area contributed by atoms with Crippen LogP contribution in [0.3, 0.4) is 0 Å². The third kappa shape index (κ3) is 3.40. The Balaban J connectivity index is 3.29. The lowest BCUT2D eigenvalue weighted by Gasteiger charge is -2.15. The lowest BCUT2D eigenvalue weighted by atomic mass is 10.1. The fraction of sp³-hybridized carbons (Fsp3) is 0.400. The van der Waals surface area contributed by atoms with E-state index >= 15 is 0 Å². The molecule has 0 aliphatic rings. The molecule has 0 amide bonds. The van der Waals surface area contributed by atoms with Crippen molar-refractivity contribution in [2.45, 2.75) is 18.7 Å². The van der Waals surface area contributed by atoms with E-state index in [1.54, 1.807) is 0 Å². The number of nitrogens with zero attached hydrogens (tertiary/aromatic N) is 2. The molecule has 1 aromatic rings. The van der Waals surface area contributed by atoms with Gasteiger partial charge in [-0.2, -0.15) is 5.26 Å². The topological polar surface area (TPSA) is 55.1 Å². The molecule has 0 saturated heterocycles. The quantitative estimate of drug-likeness (QED) is 0.796. The number of pyridine rings is 1. The van der Waals surface area contributed by atoms with Crippen molar-refractivity contribution in [2.75, 3.05) is 7.11 Å². The largest absolute Gasteiger partial charge is 0.574 e. The van der Waals surface area contributed by atoms with E-state index < -0.39 is 12.2 Å². The number of nitriles is 1. The molecule has 0 aliphatic carbocycles. The summed E-state index contributed by atoms with van der Waals surface area (Å²) in [4.78, 5) is 3.49. The Bertz CT molecular complexity index is 471. The maximum absolute atomic E-state index is 12.1.